The third kappa shape index (κ3) is 3.31. The second-order valence-corrected chi connectivity index (χ2v) is 7.81. The van der Waals surface area contributed by atoms with Crippen LogP contribution in [0.15, 0.2) is 54.7 Å². The van der Waals surface area contributed by atoms with Gasteiger partial charge in [-0.05, 0) is 59.9 Å². The second-order valence-electron chi connectivity index (χ2n) is 7.81. The summed E-state index contributed by atoms with van der Waals surface area (Å²) in [6.45, 7) is 3.94. The lowest BCUT2D eigenvalue weighted by molar-refractivity contribution is 0.0699. The van der Waals surface area contributed by atoms with Gasteiger partial charge in [0.2, 0.25) is 0 Å². The summed E-state index contributed by atoms with van der Waals surface area (Å²) in [6, 6.07) is 15.8. The summed E-state index contributed by atoms with van der Waals surface area (Å²) in [5.41, 5.74) is 3.37. The summed E-state index contributed by atoms with van der Waals surface area (Å²) in [4.78, 5) is 19.5. The minimum absolute atomic E-state index is 0.130. The fraction of sp³-hybridized carbons (Fsp3) is 0.261. The number of piperidine rings is 1. The molecule has 0 saturated carbocycles. The summed E-state index contributed by atoms with van der Waals surface area (Å²) < 4.78 is 0. The molecule has 6 heteroatoms. The molecule has 1 aliphatic rings. The molecule has 6 nitrogen and oxygen atoms in total. The van der Waals surface area contributed by atoms with Gasteiger partial charge in [-0.1, -0.05) is 25.1 Å². The molecule has 1 saturated heterocycles. The number of hydrogen-bond acceptors (Lipinski definition) is 4. The van der Waals surface area contributed by atoms with E-state index in [0.717, 1.165) is 59.0 Å². The van der Waals surface area contributed by atoms with Crippen LogP contribution in [0.4, 0.5) is 11.5 Å². The van der Waals surface area contributed by atoms with E-state index in [9.17, 15) is 4.79 Å². The SMILES string of the molecule is CC1CCN(C(=O)c2cccc3cc(Nc4n[nH]c5cccnc45)ccc23)CC1. The van der Waals surface area contributed by atoms with Crippen LogP contribution in [0.3, 0.4) is 0 Å². The first-order chi connectivity index (χ1) is 14.2. The molecule has 2 N–H and O–H groups in total. The van der Waals surface area contributed by atoms with Crippen molar-refractivity contribution in [3.05, 3.63) is 60.3 Å². The van der Waals surface area contributed by atoms with E-state index in [4.69, 9.17) is 0 Å². The zero-order valence-corrected chi connectivity index (χ0v) is 16.4. The van der Waals surface area contributed by atoms with Crippen molar-refractivity contribution in [3.63, 3.8) is 0 Å². The second kappa shape index (κ2) is 7.20. The molecule has 4 aromatic rings. The summed E-state index contributed by atoms with van der Waals surface area (Å²) in [6.07, 6.45) is 3.91. The van der Waals surface area contributed by atoms with Crippen LogP contribution in [0.1, 0.15) is 30.1 Å². The van der Waals surface area contributed by atoms with E-state index >= 15 is 0 Å². The van der Waals surface area contributed by atoms with Gasteiger partial charge in [0.05, 0.1) is 5.52 Å². The fourth-order valence-electron chi connectivity index (χ4n) is 4.01. The van der Waals surface area contributed by atoms with Crippen LogP contribution < -0.4 is 5.32 Å². The summed E-state index contributed by atoms with van der Waals surface area (Å²) >= 11 is 0. The average Bonchev–Trinajstić information content (AvgIpc) is 3.16. The first kappa shape index (κ1) is 17.7. The summed E-state index contributed by atoms with van der Waals surface area (Å²) in [7, 11) is 0. The Morgan fingerprint density at radius 3 is 2.86 bits per heavy atom. The Morgan fingerprint density at radius 2 is 2.00 bits per heavy atom. The van der Waals surface area contributed by atoms with E-state index in [-0.39, 0.29) is 5.91 Å². The third-order valence-electron chi connectivity index (χ3n) is 5.76. The number of rotatable bonds is 3. The molecule has 1 aliphatic heterocycles. The molecule has 0 atom stereocenters. The predicted molar refractivity (Wildman–Crippen MR) is 115 cm³/mol. The lowest BCUT2D eigenvalue weighted by atomic mass is 9.97. The van der Waals surface area contributed by atoms with Gasteiger partial charge in [0, 0.05) is 30.5 Å². The Bertz CT molecular complexity index is 1190. The first-order valence-corrected chi connectivity index (χ1v) is 10.1. The van der Waals surface area contributed by atoms with Crippen LogP contribution in [0.5, 0.6) is 0 Å². The lowest BCUT2D eigenvalue weighted by Gasteiger charge is -2.30. The minimum atomic E-state index is 0.130. The zero-order chi connectivity index (χ0) is 19.8. The van der Waals surface area contributed by atoms with Crippen LogP contribution in [-0.2, 0) is 0 Å². The van der Waals surface area contributed by atoms with Crippen molar-refractivity contribution < 1.29 is 4.79 Å². The normalized spacial score (nSPS) is 15.1. The van der Waals surface area contributed by atoms with Crippen LogP contribution in [0.2, 0.25) is 0 Å². The molecule has 146 valence electrons. The Kier molecular flexibility index (Phi) is 4.39. The lowest BCUT2D eigenvalue weighted by Crippen LogP contribution is -2.37. The number of pyridine rings is 1. The van der Waals surface area contributed by atoms with Crippen molar-refractivity contribution in [1.29, 1.82) is 0 Å². The maximum Gasteiger partial charge on any atom is 0.254 e. The molecule has 1 amide bonds. The van der Waals surface area contributed by atoms with E-state index in [1.165, 1.54) is 0 Å². The molecule has 0 radical (unpaired) electrons. The number of nitrogens with zero attached hydrogens (tertiary/aromatic N) is 3. The quantitative estimate of drug-likeness (QED) is 0.535. The molecule has 0 spiro atoms. The standard InChI is InChI=1S/C23H23N5O/c1-15-9-12-28(13-10-15)23(29)19-5-2-4-16-14-17(7-8-18(16)19)25-22-21-20(26-27-22)6-3-11-24-21/h2-8,11,14-15H,9-10,12-13H2,1H3,(H2,25,26,27). The third-order valence-corrected chi connectivity index (χ3v) is 5.76. The van der Waals surface area contributed by atoms with Gasteiger partial charge in [0.15, 0.2) is 5.82 Å². The molecule has 29 heavy (non-hydrogen) atoms. The number of amides is 1. The van der Waals surface area contributed by atoms with E-state index in [2.05, 4.69) is 27.4 Å². The number of carbonyl (C=O) groups excluding carboxylic acids is 1. The highest BCUT2D eigenvalue weighted by atomic mass is 16.2. The minimum Gasteiger partial charge on any atom is -0.339 e. The van der Waals surface area contributed by atoms with Crippen molar-refractivity contribution >= 4 is 39.2 Å². The van der Waals surface area contributed by atoms with Gasteiger partial charge in [-0.15, -0.1) is 0 Å². The Labute approximate surface area is 168 Å². The first-order valence-electron chi connectivity index (χ1n) is 10.1. The van der Waals surface area contributed by atoms with E-state index in [1.54, 1.807) is 6.20 Å². The highest BCUT2D eigenvalue weighted by Gasteiger charge is 2.22. The molecule has 2 aromatic heterocycles. The number of hydrogen-bond donors (Lipinski definition) is 2. The van der Waals surface area contributed by atoms with Crippen molar-refractivity contribution in [2.24, 2.45) is 5.92 Å². The maximum absolute atomic E-state index is 13.1. The fourth-order valence-corrected chi connectivity index (χ4v) is 4.01. The van der Waals surface area contributed by atoms with Gasteiger partial charge < -0.3 is 10.2 Å². The molecule has 0 aliphatic carbocycles. The van der Waals surface area contributed by atoms with Gasteiger partial charge in [0.25, 0.3) is 5.91 Å². The predicted octanol–water partition coefficient (Wildman–Crippen LogP) is 4.73. The average molecular weight is 385 g/mol. The van der Waals surface area contributed by atoms with Gasteiger partial charge in [-0.25, -0.2) is 0 Å². The Hall–Kier alpha value is -3.41. The van der Waals surface area contributed by atoms with Crippen molar-refractivity contribution in [2.75, 3.05) is 18.4 Å². The zero-order valence-electron chi connectivity index (χ0n) is 16.4. The topological polar surface area (TPSA) is 73.9 Å². The number of benzene rings is 2. The van der Waals surface area contributed by atoms with Crippen LogP contribution >= 0.6 is 0 Å². The molecular weight excluding hydrogens is 362 g/mol. The molecule has 0 bridgehead atoms. The number of likely N-dealkylation sites (tertiary alicyclic amines) is 1. The van der Waals surface area contributed by atoms with Crippen molar-refractivity contribution in [1.82, 2.24) is 20.1 Å². The highest BCUT2D eigenvalue weighted by molar-refractivity contribution is 6.07. The number of carbonyl (C=O) groups is 1. The van der Waals surface area contributed by atoms with Gasteiger partial charge in [-0.3, -0.25) is 14.9 Å². The smallest absolute Gasteiger partial charge is 0.254 e. The van der Waals surface area contributed by atoms with E-state index in [0.29, 0.717) is 11.7 Å². The molecule has 3 heterocycles. The molecule has 5 rings (SSSR count). The van der Waals surface area contributed by atoms with Gasteiger partial charge in [0.1, 0.15) is 5.52 Å². The molecular formula is C23H23N5O. The van der Waals surface area contributed by atoms with Gasteiger partial charge >= 0.3 is 0 Å². The van der Waals surface area contributed by atoms with Crippen molar-refractivity contribution in [3.8, 4) is 0 Å². The Balaban J connectivity index is 1.45. The van der Waals surface area contributed by atoms with Crippen LogP contribution in [0.25, 0.3) is 21.8 Å². The number of nitrogens with one attached hydrogen (secondary N) is 2. The highest BCUT2D eigenvalue weighted by Crippen LogP contribution is 2.28. The Morgan fingerprint density at radius 1 is 1.14 bits per heavy atom. The van der Waals surface area contributed by atoms with Gasteiger partial charge in [-0.2, -0.15) is 5.10 Å². The van der Waals surface area contributed by atoms with E-state index in [1.807, 2.05) is 53.4 Å². The monoisotopic (exact) mass is 385 g/mol. The summed E-state index contributed by atoms with van der Waals surface area (Å²) in [5, 5.41) is 12.6. The molecule has 1 fully saturated rings. The van der Waals surface area contributed by atoms with Crippen LogP contribution in [0, 0.1) is 5.92 Å². The molecule has 2 aromatic carbocycles. The number of fused-ring (bicyclic) bond motifs is 2. The van der Waals surface area contributed by atoms with E-state index < -0.39 is 0 Å². The molecule has 0 unspecified atom stereocenters. The maximum atomic E-state index is 13.1. The number of H-pyrrole nitrogens is 1. The number of aromatic amines is 1. The summed E-state index contributed by atoms with van der Waals surface area (Å²) in [5.74, 6) is 1.52. The number of aromatic nitrogens is 3. The van der Waals surface area contributed by atoms with Crippen molar-refractivity contribution in [2.45, 2.75) is 19.8 Å². The van der Waals surface area contributed by atoms with Crippen LogP contribution in [-0.4, -0.2) is 39.1 Å². The number of anilines is 2. The largest absolute Gasteiger partial charge is 0.339 e.